The van der Waals surface area contributed by atoms with Crippen LogP contribution in [0.15, 0.2) is 36.4 Å². The fraction of sp³-hybridized carbons (Fsp3) is 0.238. The molecule has 1 aromatic heterocycles. The quantitative estimate of drug-likeness (QED) is 0.530. The number of hydrogen-bond donors (Lipinski definition) is 3. The van der Waals surface area contributed by atoms with Crippen LogP contribution in [0.5, 0.6) is 11.5 Å². The minimum Gasteiger partial charge on any atom is -0.497 e. The summed E-state index contributed by atoms with van der Waals surface area (Å²) < 4.78 is 11.5. The molecule has 0 unspecified atom stereocenters. The minimum atomic E-state index is -0.575. The topological polar surface area (TPSA) is 133 Å². The zero-order chi connectivity index (χ0) is 22.5. The molecule has 0 fully saturated rings. The van der Waals surface area contributed by atoms with Crippen LogP contribution in [0.1, 0.15) is 21.6 Å². The highest BCUT2D eigenvalue weighted by atomic mass is 16.5. The Morgan fingerprint density at radius 2 is 1.74 bits per heavy atom. The second-order valence-electron chi connectivity index (χ2n) is 6.83. The van der Waals surface area contributed by atoms with Gasteiger partial charge < -0.3 is 25.8 Å². The van der Waals surface area contributed by atoms with E-state index in [0.29, 0.717) is 22.9 Å². The van der Waals surface area contributed by atoms with Crippen LogP contribution in [0, 0.1) is 13.8 Å². The maximum Gasteiger partial charge on any atom is 0.280 e. The van der Waals surface area contributed by atoms with Crippen molar-refractivity contribution in [1.82, 2.24) is 15.0 Å². The fourth-order valence-corrected chi connectivity index (χ4v) is 2.88. The second kappa shape index (κ2) is 9.16. The number of aromatic nitrogens is 3. The molecule has 3 rings (SSSR count). The maximum absolute atomic E-state index is 12.6. The van der Waals surface area contributed by atoms with Gasteiger partial charge in [0.2, 0.25) is 5.91 Å². The highest BCUT2D eigenvalue weighted by Crippen LogP contribution is 2.26. The molecule has 10 nitrogen and oxygen atoms in total. The van der Waals surface area contributed by atoms with E-state index in [2.05, 4.69) is 20.9 Å². The average Bonchev–Trinajstić information content (AvgIpc) is 3.11. The number of nitrogen functional groups attached to an aromatic ring is 1. The summed E-state index contributed by atoms with van der Waals surface area (Å²) in [7, 11) is 3.01. The monoisotopic (exact) mass is 424 g/mol. The molecule has 0 spiro atoms. The van der Waals surface area contributed by atoms with Crippen molar-refractivity contribution >= 4 is 29.0 Å². The highest BCUT2D eigenvalue weighted by molar-refractivity contribution is 6.06. The molecule has 2 amide bonds. The number of hydrogen-bond acceptors (Lipinski definition) is 7. The normalized spacial score (nSPS) is 10.5. The molecular formula is C21H24N6O4. The summed E-state index contributed by atoms with van der Waals surface area (Å²) in [5.74, 6) is 0.0797. The molecule has 4 N–H and O–H groups in total. The largest absolute Gasteiger partial charge is 0.497 e. The van der Waals surface area contributed by atoms with E-state index in [-0.39, 0.29) is 24.0 Å². The van der Waals surface area contributed by atoms with Gasteiger partial charge in [0.1, 0.15) is 18.0 Å². The van der Waals surface area contributed by atoms with E-state index in [4.69, 9.17) is 15.2 Å². The molecule has 162 valence electrons. The van der Waals surface area contributed by atoms with Crippen molar-refractivity contribution in [3.8, 4) is 11.5 Å². The Hall–Kier alpha value is -4.08. The van der Waals surface area contributed by atoms with E-state index in [1.807, 2.05) is 32.0 Å². The Morgan fingerprint density at radius 3 is 2.39 bits per heavy atom. The molecule has 0 aliphatic heterocycles. The van der Waals surface area contributed by atoms with Gasteiger partial charge in [0.15, 0.2) is 11.5 Å². The van der Waals surface area contributed by atoms with Crippen molar-refractivity contribution in [3.05, 3.63) is 53.2 Å². The van der Waals surface area contributed by atoms with E-state index in [1.54, 1.807) is 18.2 Å². The first-order chi connectivity index (χ1) is 14.8. The van der Waals surface area contributed by atoms with Gasteiger partial charge in [0, 0.05) is 29.6 Å². The molecule has 31 heavy (non-hydrogen) atoms. The summed E-state index contributed by atoms with van der Waals surface area (Å²) in [5.41, 5.74) is 9.08. The molecule has 10 heteroatoms. The number of nitrogens with two attached hydrogens (primary N) is 1. The number of aryl methyl sites for hydroxylation is 1. The van der Waals surface area contributed by atoms with Gasteiger partial charge in [-0.15, -0.1) is 5.10 Å². The van der Waals surface area contributed by atoms with Crippen molar-refractivity contribution in [3.63, 3.8) is 0 Å². The number of nitrogens with zero attached hydrogens (tertiary/aromatic N) is 3. The predicted molar refractivity (Wildman–Crippen MR) is 116 cm³/mol. The Kier molecular flexibility index (Phi) is 6.39. The lowest BCUT2D eigenvalue weighted by atomic mass is 10.1. The lowest BCUT2D eigenvalue weighted by molar-refractivity contribution is -0.116. The Bertz CT molecular complexity index is 1100. The van der Waals surface area contributed by atoms with Crippen molar-refractivity contribution in [2.75, 3.05) is 30.6 Å². The Labute approximate surface area is 179 Å². The number of carbonyl (C=O) groups excluding carboxylic acids is 2. The number of nitrogens with one attached hydrogen (secondary N) is 2. The third-order valence-corrected chi connectivity index (χ3v) is 4.77. The Morgan fingerprint density at radius 1 is 1.06 bits per heavy atom. The van der Waals surface area contributed by atoms with Gasteiger partial charge in [-0.2, -0.15) is 0 Å². The number of methoxy groups -OCH3 is 2. The van der Waals surface area contributed by atoms with Crippen LogP contribution in [-0.2, 0) is 11.3 Å². The molecule has 2 aromatic carbocycles. The van der Waals surface area contributed by atoms with Gasteiger partial charge in [-0.1, -0.05) is 17.3 Å². The van der Waals surface area contributed by atoms with Crippen molar-refractivity contribution in [1.29, 1.82) is 0 Å². The van der Waals surface area contributed by atoms with Gasteiger partial charge >= 0.3 is 0 Å². The van der Waals surface area contributed by atoms with Gasteiger partial charge in [-0.3, -0.25) is 9.59 Å². The third-order valence-electron chi connectivity index (χ3n) is 4.77. The minimum absolute atomic E-state index is 0.0246. The summed E-state index contributed by atoms with van der Waals surface area (Å²) in [6.45, 7) is 3.69. The molecule has 0 saturated heterocycles. The summed E-state index contributed by atoms with van der Waals surface area (Å²) in [6.07, 6.45) is 0. The molecule has 0 radical (unpaired) electrons. The van der Waals surface area contributed by atoms with Gasteiger partial charge in [-0.25, -0.2) is 4.68 Å². The predicted octanol–water partition coefficient (Wildman–Crippen LogP) is 2.39. The van der Waals surface area contributed by atoms with Crippen molar-refractivity contribution in [2.24, 2.45) is 0 Å². The number of carbonyl (C=O) groups is 2. The molecule has 3 aromatic rings. The van der Waals surface area contributed by atoms with Crippen LogP contribution in [0.3, 0.4) is 0 Å². The molecule has 0 bridgehead atoms. The molecular weight excluding hydrogens is 400 g/mol. The molecule has 1 heterocycles. The van der Waals surface area contributed by atoms with Crippen molar-refractivity contribution < 1.29 is 19.1 Å². The number of benzene rings is 2. The number of amides is 2. The van der Waals surface area contributed by atoms with Crippen LogP contribution < -0.4 is 25.8 Å². The molecule has 0 aliphatic rings. The lowest BCUT2D eigenvalue weighted by Gasteiger charge is -2.11. The standard InChI is InChI=1S/C21H24N6O4/c1-12-6-5-7-17(13(12)2)24-18(28)11-27-20(22)19(25-26-27)21(29)23-14-8-15(30-3)10-16(9-14)31-4/h5-10H,11,22H2,1-4H3,(H,23,29)(H,24,28). The van der Waals surface area contributed by atoms with Crippen LogP contribution in [0.4, 0.5) is 17.2 Å². The summed E-state index contributed by atoms with van der Waals surface area (Å²) >= 11 is 0. The summed E-state index contributed by atoms with van der Waals surface area (Å²) in [5, 5.41) is 13.2. The van der Waals surface area contributed by atoms with E-state index >= 15 is 0 Å². The van der Waals surface area contributed by atoms with Crippen LogP contribution in [0.25, 0.3) is 0 Å². The highest BCUT2D eigenvalue weighted by Gasteiger charge is 2.20. The maximum atomic E-state index is 12.6. The smallest absolute Gasteiger partial charge is 0.280 e. The number of ether oxygens (including phenoxy) is 2. The van der Waals surface area contributed by atoms with Crippen LogP contribution in [-0.4, -0.2) is 41.0 Å². The van der Waals surface area contributed by atoms with E-state index in [0.717, 1.165) is 11.1 Å². The zero-order valence-electron chi connectivity index (χ0n) is 17.7. The summed E-state index contributed by atoms with van der Waals surface area (Å²) in [6, 6.07) is 10.6. The third kappa shape index (κ3) is 4.92. The zero-order valence-corrected chi connectivity index (χ0v) is 17.7. The lowest BCUT2D eigenvalue weighted by Crippen LogP contribution is -2.22. The number of anilines is 3. The van der Waals surface area contributed by atoms with E-state index in [9.17, 15) is 9.59 Å². The van der Waals surface area contributed by atoms with E-state index in [1.165, 1.54) is 18.9 Å². The van der Waals surface area contributed by atoms with Gasteiger partial charge in [0.25, 0.3) is 5.91 Å². The first-order valence-corrected chi connectivity index (χ1v) is 9.41. The molecule has 0 saturated carbocycles. The average molecular weight is 424 g/mol. The molecule has 0 atom stereocenters. The van der Waals surface area contributed by atoms with Gasteiger partial charge in [-0.05, 0) is 31.0 Å². The van der Waals surface area contributed by atoms with Gasteiger partial charge in [0.05, 0.1) is 14.2 Å². The van der Waals surface area contributed by atoms with Crippen LogP contribution >= 0.6 is 0 Å². The van der Waals surface area contributed by atoms with Crippen molar-refractivity contribution in [2.45, 2.75) is 20.4 Å². The van der Waals surface area contributed by atoms with Crippen LogP contribution in [0.2, 0.25) is 0 Å². The molecule has 0 aliphatic carbocycles. The first kappa shape index (κ1) is 21.6. The Balaban J connectivity index is 1.71. The SMILES string of the molecule is COc1cc(NC(=O)c2nnn(CC(=O)Nc3cccc(C)c3C)c2N)cc(OC)c1. The van der Waals surface area contributed by atoms with E-state index < -0.39 is 5.91 Å². The first-order valence-electron chi connectivity index (χ1n) is 9.41. The summed E-state index contributed by atoms with van der Waals surface area (Å²) in [4.78, 5) is 25.0. The second-order valence-corrected chi connectivity index (χ2v) is 6.83. The fourth-order valence-electron chi connectivity index (χ4n) is 2.88. The number of rotatable bonds is 7.